The van der Waals surface area contributed by atoms with Crippen LogP contribution in [0.15, 0.2) is 24.3 Å². The first-order chi connectivity index (χ1) is 8.97. The van der Waals surface area contributed by atoms with Crippen molar-refractivity contribution < 1.29 is 17.9 Å². The van der Waals surface area contributed by atoms with Gasteiger partial charge in [0.2, 0.25) is 0 Å². The van der Waals surface area contributed by atoms with Crippen LogP contribution in [0.25, 0.3) is 0 Å². The average Bonchev–Trinajstić information content (AvgIpc) is 2.55. The van der Waals surface area contributed by atoms with E-state index in [2.05, 4.69) is 12.2 Å². The predicted molar refractivity (Wildman–Crippen MR) is 67.1 cm³/mol. The molecule has 0 aromatic heterocycles. The highest BCUT2D eigenvalue weighted by molar-refractivity contribution is 5.29. The molecule has 1 aromatic rings. The van der Waals surface area contributed by atoms with Crippen LogP contribution >= 0.6 is 0 Å². The molecule has 0 aliphatic carbocycles. The van der Waals surface area contributed by atoms with E-state index >= 15 is 0 Å². The van der Waals surface area contributed by atoms with E-state index in [0.717, 1.165) is 38.1 Å². The number of alkyl halides is 3. The molecule has 106 valence electrons. The molecule has 1 heterocycles. The average molecular weight is 273 g/mol. The third kappa shape index (κ3) is 3.86. The van der Waals surface area contributed by atoms with Gasteiger partial charge < -0.3 is 10.1 Å². The summed E-state index contributed by atoms with van der Waals surface area (Å²) in [5, 5.41) is 3.31. The van der Waals surface area contributed by atoms with Gasteiger partial charge in [-0.3, -0.25) is 0 Å². The number of ether oxygens (including phenoxy) is 1. The third-order valence-electron chi connectivity index (χ3n) is 3.41. The number of halogens is 3. The second-order valence-corrected chi connectivity index (χ2v) is 5.00. The number of hydrogen-bond donors (Lipinski definition) is 1. The quantitative estimate of drug-likeness (QED) is 0.890. The summed E-state index contributed by atoms with van der Waals surface area (Å²) in [6.07, 6.45) is -2.28. The molecule has 2 rings (SSSR count). The van der Waals surface area contributed by atoms with E-state index in [-0.39, 0.29) is 6.10 Å². The molecule has 0 spiro atoms. The van der Waals surface area contributed by atoms with Crippen molar-refractivity contribution in [1.82, 2.24) is 5.32 Å². The van der Waals surface area contributed by atoms with E-state index in [4.69, 9.17) is 4.74 Å². The van der Waals surface area contributed by atoms with Crippen molar-refractivity contribution in [1.29, 1.82) is 0 Å². The fourth-order valence-corrected chi connectivity index (χ4v) is 2.25. The van der Waals surface area contributed by atoms with E-state index in [1.54, 1.807) is 0 Å². The molecule has 0 saturated carbocycles. The first-order valence-electron chi connectivity index (χ1n) is 6.51. The van der Waals surface area contributed by atoms with Crippen molar-refractivity contribution in [2.45, 2.75) is 32.0 Å². The molecule has 1 aliphatic heterocycles. The maximum absolute atomic E-state index is 12.4. The molecule has 2 unspecified atom stereocenters. The van der Waals surface area contributed by atoms with Gasteiger partial charge in [-0.2, -0.15) is 13.2 Å². The summed E-state index contributed by atoms with van der Waals surface area (Å²) in [5.74, 6) is 0.858. The summed E-state index contributed by atoms with van der Waals surface area (Å²) in [7, 11) is 0. The van der Waals surface area contributed by atoms with Gasteiger partial charge in [-0.1, -0.05) is 6.92 Å². The minimum absolute atomic E-state index is 0.0618. The summed E-state index contributed by atoms with van der Waals surface area (Å²) in [6, 6.07) is 4.92. The Morgan fingerprint density at radius 2 is 1.89 bits per heavy atom. The lowest BCUT2D eigenvalue weighted by Gasteiger charge is -2.23. The first-order valence-corrected chi connectivity index (χ1v) is 6.51. The van der Waals surface area contributed by atoms with E-state index in [9.17, 15) is 13.2 Å². The second kappa shape index (κ2) is 5.82. The van der Waals surface area contributed by atoms with Crippen molar-refractivity contribution >= 4 is 0 Å². The molecule has 1 aliphatic rings. The Bertz CT molecular complexity index is 402. The van der Waals surface area contributed by atoms with Crippen LogP contribution in [-0.4, -0.2) is 19.2 Å². The van der Waals surface area contributed by atoms with Gasteiger partial charge in [-0.05, 0) is 43.7 Å². The fraction of sp³-hybridized carbons (Fsp3) is 0.571. The van der Waals surface area contributed by atoms with Gasteiger partial charge in [-0.25, -0.2) is 0 Å². The maximum Gasteiger partial charge on any atom is 0.416 e. The van der Waals surface area contributed by atoms with Crippen LogP contribution in [0.4, 0.5) is 13.2 Å². The molecule has 1 N–H and O–H groups in total. The fourth-order valence-electron chi connectivity index (χ4n) is 2.25. The second-order valence-electron chi connectivity index (χ2n) is 5.00. The largest absolute Gasteiger partial charge is 0.490 e. The zero-order chi connectivity index (χ0) is 13.9. The molecule has 5 heteroatoms. The van der Waals surface area contributed by atoms with Gasteiger partial charge in [0.15, 0.2) is 0 Å². The van der Waals surface area contributed by atoms with Crippen molar-refractivity contribution in [3.63, 3.8) is 0 Å². The zero-order valence-corrected chi connectivity index (χ0v) is 10.8. The summed E-state index contributed by atoms with van der Waals surface area (Å²) >= 11 is 0. The summed E-state index contributed by atoms with van der Waals surface area (Å²) in [4.78, 5) is 0. The van der Waals surface area contributed by atoms with E-state index < -0.39 is 11.7 Å². The van der Waals surface area contributed by atoms with Crippen molar-refractivity contribution in [3.8, 4) is 5.75 Å². The summed E-state index contributed by atoms with van der Waals surface area (Å²) in [5.41, 5.74) is -0.643. The standard InChI is InChI=1S/C14H18F3NO/c1-10-9-18-8-2-3-13(10)19-12-6-4-11(5-7-12)14(15,16)17/h4-7,10,13,18H,2-3,8-9H2,1H3. The van der Waals surface area contributed by atoms with Crippen LogP contribution in [-0.2, 0) is 6.18 Å². The minimum Gasteiger partial charge on any atom is -0.490 e. The maximum atomic E-state index is 12.4. The molecule has 0 radical (unpaired) electrons. The molecule has 19 heavy (non-hydrogen) atoms. The molecular weight excluding hydrogens is 255 g/mol. The van der Waals surface area contributed by atoms with Gasteiger partial charge in [0.25, 0.3) is 0 Å². The minimum atomic E-state index is -4.29. The van der Waals surface area contributed by atoms with Gasteiger partial charge in [0.05, 0.1) is 5.56 Å². The molecule has 2 atom stereocenters. The van der Waals surface area contributed by atoms with Gasteiger partial charge in [0, 0.05) is 12.5 Å². The molecule has 2 nitrogen and oxygen atoms in total. The highest BCUT2D eigenvalue weighted by atomic mass is 19.4. The monoisotopic (exact) mass is 273 g/mol. The lowest BCUT2D eigenvalue weighted by Crippen LogP contribution is -2.29. The number of benzene rings is 1. The topological polar surface area (TPSA) is 21.3 Å². The van der Waals surface area contributed by atoms with E-state index in [1.807, 2.05) is 0 Å². The Morgan fingerprint density at radius 3 is 2.53 bits per heavy atom. The molecular formula is C14H18F3NO. The molecule has 1 aromatic carbocycles. The van der Waals surface area contributed by atoms with E-state index in [0.29, 0.717) is 11.7 Å². The van der Waals surface area contributed by atoms with Crippen molar-refractivity contribution in [2.75, 3.05) is 13.1 Å². The highest BCUT2D eigenvalue weighted by Crippen LogP contribution is 2.31. The van der Waals surface area contributed by atoms with Gasteiger partial charge in [0.1, 0.15) is 11.9 Å². The van der Waals surface area contributed by atoms with Crippen LogP contribution < -0.4 is 10.1 Å². The predicted octanol–water partition coefficient (Wildman–Crippen LogP) is 3.47. The number of rotatable bonds is 2. The lowest BCUT2D eigenvalue weighted by atomic mass is 10.0. The van der Waals surface area contributed by atoms with Gasteiger partial charge >= 0.3 is 6.18 Å². The highest BCUT2D eigenvalue weighted by Gasteiger charge is 2.30. The molecule has 1 saturated heterocycles. The van der Waals surface area contributed by atoms with E-state index in [1.165, 1.54) is 12.1 Å². The number of hydrogen-bond acceptors (Lipinski definition) is 2. The molecule has 0 bridgehead atoms. The first kappa shape index (κ1) is 14.2. The number of nitrogens with one attached hydrogen (secondary N) is 1. The van der Waals surface area contributed by atoms with Crippen molar-refractivity contribution in [2.24, 2.45) is 5.92 Å². The Morgan fingerprint density at radius 1 is 1.21 bits per heavy atom. The SMILES string of the molecule is CC1CNCCCC1Oc1ccc(C(F)(F)F)cc1. The zero-order valence-electron chi connectivity index (χ0n) is 10.8. The summed E-state index contributed by atoms with van der Waals surface area (Å²) < 4.78 is 43.1. The van der Waals surface area contributed by atoms with Gasteiger partial charge in [-0.15, -0.1) is 0 Å². The van der Waals surface area contributed by atoms with Crippen LogP contribution in [0.3, 0.4) is 0 Å². The Kier molecular flexibility index (Phi) is 4.34. The Balaban J connectivity index is 2.02. The third-order valence-corrected chi connectivity index (χ3v) is 3.41. The Labute approximate surface area is 111 Å². The van der Waals surface area contributed by atoms with Crippen LogP contribution in [0.1, 0.15) is 25.3 Å². The lowest BCUT2D eigenvalue weighted by molar-refractivity contribution is -0.137. The molecule has 0 amide bonds. The summed E-state index contributed by atoms with van der Waals surface area (Å²) in [6.45, 7) is 3.94. The normalized spacial score (nSPS) is 24.8. The Hall–Kier alpha value is -1.23. The van der Waals surface area contributed by atoms with Crippen LogP contribution in [0.2, 0.25) is 0 Å². The van der Waals surface area contributed by atoms with Crippen LogP contribution in [0.5, 0.6) is 5.75 Å². The molecule has 1 fully saturated rings. The smallest absolute Gasteiger partial charge is 0.416 e. The van der Waals surface area contributed by atoms with Crippen molar-refractivity contribution in [3.05, 3.63) is 29.8 Å². The van der Waals surface area contributed by atoms with Crippen LogP contribution in [0, 0.1) is 5.92 Å².